The number of anilines is 1. The number of nitrogens with one attached hydrogen (secondary N) is 1. The van der Waals surface area contributed by atoms with Gasteiger partial charge in [-0.25, -0.2) is 9.37 Å². The molecule has 1 aromatic carbocycles. The van der Waals surface area contributed by atoms with Gasteiger partial charge in [0.15, 0.2) is 5.15 Å². The van der Waals surface area contributed by atoms with E-state index in [9.17, 15) is 4.39 Å². The number of benzene rings is 1. The third-order valence-electron chi connectivity index (χ3n) is 2.86. The molecule has 0 aliphatic carbocycles. The van der Waals surface area contributed by atoms with Gasteiger partial charge < -0.3 is 5.32 Å². The summed E-state index contributed by atoms with van der Waals surface area (Å²) in [6.07, 6.45) is 1.67. The van der Waals surface area contributed by atoms with E-state index in [0.29, 0.717) is 21.4 Å². The fourth-order valence-corrected chi connectivity index (χ4v) is 2.75. The maximum atomic E-state index is 13.5. The van der Waals surface area contributed by atoms with Gasteiger partial charge in [0.05, 0.1) is 16.8 Å². The molecule has 0 saturated carbocycles. The van der Waals surface area contributed by atoms with Crippen molar-refractivity contribution in [2.45, 2.75) is 19.9 Å². The van der Waals surface area contributed by atoms with Gasteiger partial charge in [0.25, 0.3) is 0 Å². The molecular weight excluding hydrogens is 322 g/mol. The topological polar surface area (TPSA) is 24.9 Å². The average molecular weight is 334 g/mol. The third-order valence-corrected chi connectivity index (χ3v) is 3.88. The predicted octanol–water partition coefficient (Wildman–Crippen LogP) is 5.66. The summed E-state index contributed by atoms with van der Waals surface area (Å²) in [5.41, 5.74) is 2.10. The lowest BCUT2D eigenvalue weighted by molar-refractivity contribution is 0.624. The molecule has 0 radical (unpaired) electrons. The second-order valence-electron chi connectivity index (χ2n) is 4.47. The lowest BCUT2D eigenvalue weighted by atomic mass is 10.1. The molecule has 2 rings (SSSR count). The van der Waals surface area contributed by atoms with E-state index < -0.39 is 5.82 Å². The van der Waals surface area contributed by atoms with Gasteiger partial charge in [0, 0.05) is 16.8 Å². The number of halogens is 4. The number of rotatable bonds is 3. The molecule has 106 valence electrons. The van der Waals surface area contributed by atoms with Crippen molar-refractivity contribution in [1.29, 1.82) is 0 Å². The summed E-state index contributed by atoms with van der Waals surface area (Å²) in [5.74, 6) is -0.506. The Bertz CT molecular complexity index is 647. The van der Waals surface area contributed by atoms with Gasteiger partial charge in [-0.05, 0) is 37.6 Å². The van der Waals surface area contributed by atoms with Gasteiger partial charge in [0.2, 0.25) is 0 Å². The first-order valence-corrected chi connectivity index (χ1v) is 7.05. The van der Waals surface area contributed by atoms with Crippen LogP contribution in [0.3, 0.4) is 0 Å². The number of aromatic nitrogens is 1. The molecule has 0 fully saturated rings. The Labute approximate surface area is 131 Å². The number of hydrogen-bond donors (Lipinski definition) is 1. The van der Waals surface area contributed by atoms with E-state index in [4.69, 9.17) is 34.8 Å². The second kappa shape index (κ2) is 6.17. The molecule has 1 aromatic heterocycles. The van der Waals surface area contributed by atoms with E-state index in [1.54, 1.807) is 6.20 Å². The van der Waals surface area contributed by atoms with Crippen LogP contribution in [0.25, 0.3) is 0 Å². The van der Waals surface area contributed by atoms with Crippen LogP contribution >= 0.6 is 34.8 Å². The van der Waals surface area contributed by atoms with E-state index >= 15 is 0 Å². The molecule has 6 heteroatoms. The van der Waals surface area contributed by atoms with Crippen molar-refractivity contribution in [3.05, 3.63) is 56.5 Å². The van der Waals surface area contributed by atoms with Gasteiger partial charge in [-0.1, -0.05) is 34.8 Å². The molecule has 1 heterocycles. The molecule has 20 heavy (non-hydrogen) atoms. The highest BCUT2D eigenvalue weighted by atomic mass is 35.5. The lowest BCUT2D eigenvalue weighted by Crippen LogP contribution is -2.09. The van der Waals surface area contributed by atoms with Crippen LogP contribution in [0.5, 0.6) is 0 Å². The fourth-order valence-electron chi connectivity index (χ4n) is 1.90. The monoisotopic (exact) mass is 332 g/mol. The molecule has 2 nitrogen and oxygen atoms in total. The number of pyridine rings is 1. The van der Waals surface area contributed by atoms with Gasteiger partial charge in [0.1, 0.15) is 5.82 Å². The molecule has 2 aromatic rings. The summed E-state index contributed by atoms with van der Waals surface area (Å²) in [7, 11) is 0. The first kappa shape index (κ1) is 15.4. The first-order valence-electron chi connectivity index (χ1n) is 5.92. The predicted molar refractivity (Wildman–Crippen MR) is 82.4 cm³/mol. The minimum atomic E-state index is -0.506. The highest BCUT2D eigenvalue weighted by Gasteiger charge is 2.18. The Hall–Kier alpha value is -1.03. The highest BCUT2D eigenvalue weighted by Crippen LogP contribution is 2.35. The number of aryl methyl sites for hydroxylation is 1. The van der Waals surface area contributed by atoms with Crippen LogP contribution in [-0.2, 0) is 0 Å². The minimum absolute atomic E-state index is 0.00855. The van der Waals surface area contributed by atoms with Crippen molar-refractivity contribution < 1.29 is 4.39 Å². The molecular formula is C14H12Cl3FN2. The summed E-state index contributed by atoms with van der Waals surface area (Å²) in [6.45, 7) is 3.73. The Morgan fingerprint density at radius 2 is 1.95 bits per heavy atom. The molecule has 0 bridgehead atoms. The minimum Gasteiger partial charge on any atom is -0.376 e. The highest BCUT2D eigenvalue weighted by molar-refractivity contribution is 6.36. The largest absolute Gasteiger partial charge is 0.376 e. The molecule has 0 spiro atoms. The third kappa shape index (κ3) is 3.17. The Kier molecular flexibility index (Phi) is 4.74. The Balaban J connectivity index is 2.35. The number of nitrogens with zero attached hydrogens (tertiary/aromatic N) is 1. The maximum absolute atomic E-state index is 13.5. The van der Waals surface area contributed by atoms with Crippen LogP contribution in [0.4, 0.5) is 10.1 Å². The summed E-state index contributed by atoms with van der Waals surface area (Å²) in [4.78, 5) is 4.05. The molecule has 1 N–H and O–H groups in total. The zero-order chi connectivity index (χ0) is 14.9. The summed E-state index contributed by atoms with van der Waals surface area (Å²) in [6, 6.07) is 4.26. The standard InChI is InChI=1S/C14H12Cl3FN2/c1-7-5-11(14(17)19-6-7)20-8(2)12-9(15)3-4-10(18)13(12)16/h3-6,8,20H,1-2H3. The molecule has 0 aliphatic rings. The second-order valence-corrected chi connectivity index (χ2v) is 5.62. The molecule has 0 saturated heterocycles. The molecule has 1 atom stereocenters. The summed E-state index contributed by atoms with van der Waals surface area (Å²) >= 11 is 18.1. The van der Waals surface area contributed by atoms with Crippen LogP contribution in [0.1, 0.15) is 24.1 Å². The zero-order valence-corrected chi connectivity index (χ0v) is 13.1. The quantitative estimate of drug-likeness (QED) is 0.579. The first-order chi connectivity index (χ1) is 9.40. The average Bonchev–Trinajstić information content (AvgIpc) is 2.39. The van der Waals surface area contributed by atoms with Crippen molar-refractivity contribution in [2.24, 2.45) is 0 Å². The van der Waals surface area contributed by atoms with Crippen LogP contribution in [0.15, 0.2) is 24.4 Å². The van der Waals surface area contributed by atoms with Gasteiger partial charge in [-0.2, -0.15) is 0 Å². The molecule has 0 amide bonds. The Morgan fingerprint density at radius 1 is 1.25 bits per heavy atom. The van der Waals surface area contributed by atoms with Crippen molar-refractivity contribution in [2.75, 3.05) is 5.32 Å². The van der Waals surface area contributed by atoms with E-state index in [0.717, 1.165) is 5.56 Å². The van der Waals surface area contributed by atoms with E-state index in [1.165, 1.54) is 12.1 Å². The van der Waals surface area contributed by atoms with Gasteiger partial charge in [-0.15, -0.1) is 0 Å². The smallest absolute Gasteiger partial charge is 0.152 e. The normalized spacial score (nSPS) is 12.3. The van der Waals surface area contributed by atoms with Gasteiger partial charge >= 0.3 is 0 Å². The SMILES string of the molecule is Cc1cnc(Cl)c(NC(C)c2c(Cl)ccc(F)c2Cl)c1. The van der Waals surface area contributed by atoms with Crippen LogP contribution < -0.4 is 5.32 Å². The van der Waals surface area contributed by atoms with Crippen molar-refractivity contribution in [3.8, 4) is 0 Å². The summed E-state index contributed by atoms with van der Waals surface area (Å²) in [5, 5.41) is 3.89. The van der Waals surface area contributed by atoms with Crippen molar-refractivity contribution >= 4 is 40.5 Å². The van der Waals surface area contributed by atoms with E-state index in [1.807, 2.05) is 19.9 Å². The van der Waals surface area contributed by atoms with Crippen LogP contribution in [0, 0.1) is 12.7 Å². The molecule has 1 unspecified atom stereocenters. The fraction of sp³-hybridized carbons (Fsp3) is 0.214. The lowest BCUT2D eigenvalue weighted by Gasteiger charge is -2.19. The van der Waals surface area contributed by atoms with E-state index in [-0.39, 0.29) is 11.1 Å². The van der Waals surface area contributed by atoms with Crippen LogP contribution in [0.2, 0.25) is 15.2 Å². The molecule has 0 aliphatic heterocycles. The van der Waals surface area contributed by atoms with Crippen molar-refractivity contribution in [3.63, 3.8) is 0 Å². The Morgan fingerprint density at radius 3 is 2.65 bits per heavy atom. The zero-order valence-electron chi connectivity index (χ0n) is 10.8. The van der Waals surface area contributed by atoms with Crippen molar-refractivity contribution in [1.82, 2.24) is 4.98 Å². The number of hydrogen-bond acceptors (Lipinski definition) is 2. The van der Waals surface area contributed by atoms with Gasteiger partial charge in [-0.3, -0.25) is 0 Å². The van der Waals surface area contributed by atoms with E-state index in [2.05, 4.69) is 10.3 Å². The van der Waals surface area contributed by atoms with Crippen LogP contribution in [-0.4, -0.2) is 4.98 Å². The summed E-state index contributed by atoms with van der Waals surface area (Å²) < 4.78 is 13.5. The maximum Gasteiger partial charge on any atom is 0.152 e.